The van der Waals surface area contributed by atoms with Crippen molar-refractivity contribution in [3.63, 3.8) is 0 Å². The van der Waals surface area contributed by atoms with Crippen molar-refractivity contribution in [2.45, 2.75) is 148 Å². The van der Waals surface area contributed by atoms with Crippen molar-refractivity contribution in [2.75, 3.05) is 26.4 Å². The third-order valence-corrected chi connectivity index (χ3v) is 10.5. The summed E-state index contributed by atoms with van der Waals surface area (Å²) in [7, 11) is 0. The highest BCUT2D eigenvalue weighted by atomic mass is 16.8. The summed E-state index contributed by atoms with van der Waals surface area (Å²) in [6.07, 6.45) is -27.4. The van der Waals surface area contributed by atoms with Gasteiger partial charge in [-0.1, -0.05) is 13.0 Å². The Balaban J connectivity index is 1.21. The van der Waals surface area contributed by atoms with E-state index in [0.29, 0.717) is 0 Å². The first-order chi connectivity index (χ1) is 23.8. The normalized spacial score (nSPS) is 54.1. The number of fused-ring (bicyclic) bond motifs is 4. The molecule has 20 heteroatoms. The van der Waals surface area contributed by atoms with Crippen molar-refractivity contribution in [3.05, 3.63) is 12.7 Å². The lowest BCUT2D eigenvalue weighted by molar-refractivity contribution is -0.444. The molecule has 4 bridgehead atoms. The van der Waals surface area contributed by atoms with Crippen LogP contribution < -0.4 is 0 Å². The topological polar surface area (TPSA) is 306 Å². The van der Waals surface area contributed by atoms with E-state index < -0.39 is 148 Å². The predicted molar refractivity (Wildman–Crippen MR) is 156 cm³/mol. The maximum Gasteiger partial charge on any atom is 0.228 e. The Morgan fingerprint density at radius 2 is 1.36 bits per heavy atom. The molecule has 6 fully saturated rings. The van der Waals surface area contributed by atoms with Crippen molar-refractivity contribution in [1.82, 2.24) is 0 Å². The van der Waals surface area contributed by atoms with E-state index in [0.717, 1.165) is 0 Å². The summed E-state index contributed by atoms with van der Waals surface area (Å²) in [6, 6.07) is 0. The lowest BCUT2D eigenvalue weighted by Crippen LogP contribution is -2.78. The highest BCUT2D eigenvalue weighted by Gasteiger charge is 2.69. The fourth-order valence-corrected chi connectivity index (χ4v) is 7.68. The minimum absolute atomic E-state index is 0.0425. The molecule has 288 valence electrons. The van der Waals surface area contributed by atoms with Gasteiger partial charge >= 0.3 is 0 Å². The molecule has 6 aliphatic heterocycles. The summed E-state index contributed by atoms with van der Waals surface area (Å²) in [5.74, 6) is -2.52. The maximum absolute atomic E-state index is 11.8. The fraction of sp³-hybridized carbons (Fsp3) is 0.933. The first kappa shape index (κ1) is 38.7. The molecule has 1 unspecified atom stereocenters. The molecule has 11 N–H and O–H groups in total. The minimum Gasteiger partial charge on any atom is -0.394 e. The zero-order valence-electron chi connectivity index (χ0n) is 27.1. The van der Waals surface area contributed by atoms with Crippen LogP contribution in [0.1, 0.15) is 19.8 Å². The van der Waals surface area contributed by atoms with Crippen LogP contribution in [-0.2, 0) is 42.6 Å². The van der Waals surface area contributed by atoms with E-state index in [2.05, 4.69) is 6.58 Å². The van der Waals surface area contributed by atoms with Gasteiger partial charge in [0.05, 0.1) is 26.4 Å². The van der Waals surface area contributed by atoms with Gasteiger partial charge in [0.15, 0.2) is 24.5 Å². The second kappa shape index (κ2) is 15.0. The summed E-state index contributed by atoms with van der Waals surface area (Å²) < 4.78 is 52.0. The quantitative estimate of drug-likeness (QED) is 0.0832. The Morgan fingerprint density at radius 1 is 0.760 bits per heavy atom. The Labute approximate surface area is 285 Å². The van der Waals surface area contributed by atoms with Gasteiger partial charge in [-0.3, -0.25) is 0 Å². The van der Waals surface area contributed by atoms with E-state index in [-0.39, 0.29) is 19.6 Å². The lowest BCUT2D eigenvalue weighted by Gasteiger charge is -2.58. The Morgan fingerprint density at radius 3 is 1.98 bits per heavy atom. The SMILES string of the molecule is C=CC[C@@]1(O)[C@@H](O)[C@@H](O)[C@@H](CO)O[C@]1(O[C@@H]1[C@H]2OC[C@@H]1O[C@@H](O[C@@H]1[C@@H](O)[C@H](O[C@@H]3[C@H]4OC[C@@H]3O[C@@H](O)[C@H]4O)O[C@H](CO)[C@H]1O)[C@H]2O)C(O)CC. The lowest BCUT2D eigenvalue weighted by atomic mass is 9.74. The third-order valence-electron chi connectivity index (χ3n) is 10.5. The van der Waals surface area contributed by atoms with Gasteiger partial charge in [0.2, 0.25) is 5.79 Å². The molecule has 6 aliphatic rings. The summed E-state index contributed by atoms with van der Waals surface area (Å²) in [4.78, 5) is 0. The molecule has 0 spiro atoms. The average molecular weight is 729 g/mol. The van der Waals surface area contributed by atoms with Crippen molar-refractivity contribution in [2.24, 2.45) is 0 Å². The van der Waals surface area contributed by atoms with Crippen LogP contribution in [0.5, 0.6) is 0 Å². The van der Waals surface area contributed by atoms with Crippen molar-refractivity contribution in [3.8, 4) is 0 Å². The van der Waals surface area contributed by atoms with Crippen LogP contribution in [-0.4, -0.2) is 211 Å². The van der Waals surface area contributed by atoms with Gasteiger partial charge in [0.25, 0.3) is 0 Å². The number of hydrogen-bond acceptors (Lipinski definition) is 20. The fourth-order valence-electron chi connectivity index (χ4n) is 7.68. The van der Waals surface area contributed by atoms with E-state index >= 15 is 0 Å². The molecule has 50 heavy (non-hydrogen) atoms. The van der Waals surface area contributed by atoms with Crippen LogP contribution in [0.4, 0.5) is 0 Å². The van der Waals surface area contributed by atoms with Gasteiger partial charge in [-0.25, -0.2) is 0 Å². The average Bonchev–Trinajstić information content (AvgIpc) is 3.59. The van der Waals surface area contributed by atoms with Gasteiger partial charge in [0, 0.05) is 6.42 Å². The zero-order chi connectivity index (χ0) is 36.3. The minimum atomic E-state index is -2.53. The molecule has 0 aromatic rings. The summed E-state index contributed by atoms with van der Waals surface area (Å²) in [6.45, 7) is 3.28. The molecule has 20 nitrogen and oxygen atoms in total. The van der Waals surface area contributed by atoms with E-state index in [1.807, 2.05) is 0 Å². The molecule has 0 radical (unpaired) electrons. The third kappa shape index (κ3) is 6.25. The summed E-state index contributed by atoms with van der Waals surface area (Å²) in [5, 5.41) is 118. The van der Waals surface area contributed by atoms with Crippen molar-refractivity contribution >= 4 is 0 Å². The van der Waals surface area contributed by atoms with Crippen LogP contribution in [0.15, 0.2) is 12.7 Å². The molecule has 0 aliphatic carbocycles. The van der Waals surface area contributed by atoms with E-state index in [9.17, 15) is 56.2 Å². The summed E-state index contributed by atoms with van der Waals surface area (Å²) >= 11 is 0. The highest BCUT2D eigenvalue weighted by Crippen LogP contribution is 2.48. The maximum atomic E-state index is 11.8. The molecule has 0 saturated carbocycles. The largest absolute Gasteiger partial charge is 0.394 e. The number of rotatable bonds is 12. The number of aliphatic hydroxyl groups excluding tert-OH is 10. The van der Waals surface area contributed by atoms with Crippen molar-refractivity contribution in [1.29, 1.82) is 0 Å². The van der Waals surface area contributed by atoms with Crippen LogP contribution in [0.25, 0.3) is 0 Å². The van der Waals surface area contributed by atoms with Crippen LogP contribution in [0, 0.1) is 0 Å². The number of ether oxygens (including phenoxy) is 9. The van der Waals surface area contributed by atoms with Crippen molar-refractivity contribution < 1.29 is 98.8 Å². The first-order valence-corrected chi connectivity index (χ1v) is 16.6. The Kier molecular flexibility index (Phi) is 11.6. The molecule has 6 saturated heterocycles. The molecule has 0 amide bonds. The van der Waals surface area contributed by atoms with Gasteiger partial charge in [0.1, 0.15) is 97.7 Å². The second-order valence-electron chi connectivity index (χ2n) is 13.5. The monoisotopic (exact) mass is 728 g/mol. The molecule has 6 heterocycles. The Hall–Kier alpha value is -1.06. The second-order valence-corrected chi connectivity index (χ2v) is 13.5. The number of hydrogen-bond donors (Lipinski definition) is 11. The first-order valence-electron chi connectivity index (χ1n) is 16.6. The van der Waals surface area contributed by atoms with Gasteiger partial charge in [-0.05, 0) is 6.42 Å². The van der Waals surface area contributed by atoms with E-state index in [1.165, 1.54) is 13.0 Å². The smallest absolute Gasteiger partial charge is 0.228 e. The van der Waals surface area contributed by atoms with Gasteiger partial charge in [-0.2, -0.15) is 0 Å². The standard InChI is InChI=1S/C30H48O20/c1-3-5-29(41)25(39)16(35)11(7-32)49-30(29,14(33)4-2)50-21-13-9-43-24(21)19(38)28(46-13)48-22-15(34)10(6-31)45-27(18(22)37)47-20-12-8-42-23(20)17(36)26(40)44-12/h3,10-28,31-41H,1,4-9H2,2H3/t10-,11-,12+,13+,14?,15-,16+,17+,18-,19+,20+,21+,22+,23+,24+,25+,26-,27+,28+,29-,30+/m1/s1. The molecule has 6 rings (SSSR count). The van der Waals surface area contributed by atoms with Gasteiger partial charge in [-0.15, -0.1) is 6.58 Å². The zero-order valence-corrected chi connectivity index (χ0v) is 27.1. The molecular weight excluding hydrogens is 680 g/mol. The highest BCUT2D eigenvalue weighted by molar-refractivity contribution is 5.14. The van der Waals surface area contributed by atoms with Crippen LogP contribution >= 0.6 is 0 Å². The van der Waals surface area contributed by atoms with Gasteiger partial charge < -0.3 is 98.8 Å². The van der Waals surface area contributed by atoms with E-state index in [4.69, 9.17) is 42.6 Å². The molecule has 21 atom stereocenters. The molecule has 0 aromatic heterocycles. The number of aliphatic hydroxyl groups is 11. The van der Waals surface area contributed by atoms with Crippen LogP contribution in [0.2, 0.25) is 0 Å². The summed E-state index contributed by atoms with van der Waals surface area (Å²) in [5.41, 5.74) is -2.53. The molecular formula is C30H48O20. The van der Waals surface area contributed by atoms with Crippen LogP contribution in [0.3, 0.4) is 0 Å². The van der Waals surface area contributed by atoms with E-state index in [1.54, 1.807) is 0 Å². The Bertz CT molecular complexity index is 1170. The predicted octanol–water partition coefficient (Wildman–Crippen LogP) is -6.57. The molecule has 0 aromatic carbocycles.